The first kappa shape index (κ1) is 12.9. The van der Waals surface area contributed by atoms with Gasteiger partial charge in [0.25, 0.3) is 0 Å². The number of halogens is 1. The molecule has 0 amide bonds. The van der Waals surface area contributed by atoms with E-state index in [1.165, 1.54) is 16.8 Å². The molecule has 0 saturated heterocycles. The Balaban J connectivity index is 1.86. The van der Waals surface area contributed by atoms with Crippen molar-refractivity contribution in [2.24, 2.45) is 0 Å². The van der Waals surface area contributed by atoms with Gasteiger partial charge >= 0.3 is 0 Å². The summed E-state index contributed by atoms with van der Waals surface area (Å²) >= 11 is 2.31. The first-order valence-corrected chi connectivity index (χ1v) is 7.30. The average Bonchev–Trinajstić information content (AvgIpc) is 2.77. The van der Waals surface area contributed by atoms with E-state index in [1.54, 1.807) is 7.11 Å². The molecule has 0 atom stereocenters. The van der Waals surface area contributed by atoms with E-state index in [2.05, 4.69) is 44.5 Å². The number of rotatable bonds is 3. The van der Waals surface area contributed by atoms with Crippen LogP contribution in [0.5, 0.6) is 5.75 Å². The summed E-state index contributed by atoms with van der Waals surface area (Å²) in [6.07, 6.45) is 0.968. The van der Waals surface area contributed by atoms with E-state index in [-0.39, 0.29) is 0 Å². The minimum atomic E-state index is 0.668. The molecule has 0 N–H and O–H groups in total. The van der Waals surface area contributed by atoms with Crippen molar-refractivity contribution in [3.63, 3.8) is 0 Å². The number of hydrogen-bond donors (Lipinski definition) is 0. The second kappa shape index (κ2) is 5.50. The lowest BCUT2D eigenvalue weighted by Gasteiger charge is -2.14. The van der Waals surface area contributed by atoms with Crippen molar-refractivity contribution in [3.05, 3.63) is 44.8 Å². The topological polar surface area (TPSA) is 36.3 Å². The molecule has 1 aromatic heterocycles. The fourth-order valence-corrected chi connectivity index (χ4v) is 3.13. The predicted octanol–water partition coefficient (Wildman–Crippen LogP) is 2.62. The van der Waals surface area contributed by atoms with Gasteiger partial charge in [-0.3, -0.25) is 4.68 Å². The number of ether oxygens (including phenoxy) is 2. The average molecular weight is 370 g/mol. The van der Waals surface area contributed by atoms with Crippen LogP contribution in [0.3, 0.4) is 0 Å². The third-order valence-electron chi connectivity index (χ3n) is 3.34. The summed E-state index contributed by atoms with van der Waals surface area (Å²) in [6, 6.07) is 8.10. The van der Waals surface area contributed by atoms with E-state index in [0.717, 1.165) is 29.0 Å². The maximum Gasteiger partial charge on any atom is 0.127 e. The van der Waals surface area contributed by atoms with Gasteiger partial charge in [0, 0.05) is 12.0 Å². The highest BCUT2D eigenvalue weighted by Crippen LogP contribution is 2.23. The molecule has 0 radical (unpaired) electrons. The summed E-state index contributed by atoms with van der Waals surface area (Å²) in [5.74, 6) is 0.879. The van der Waals surface area contributed by atoms with Crippen molar-refractivity contribution in [2.45, 2.75) is 19.6 Å². The van der Waals surface area contributed by atoms with Crippen LogP contribution in [0.1, 0.15) is 16.8 Å². The molecule has 3 rings (SSSR count). The monoisotopic (exact) mass is 370 g/mol. The Hall–Kier alpha value is -1.08. The molecule has 19 heavy (non-hydrogen) atoms. The van der Waals surface area contributed by atoms with Crippen molar-refractivity contribution >= 4 is 22.6 Å². The Morgan fingerprint density at radius 3 is 2.89 bits per heavy atom. The van der Waals surface area contributed by atoms with Gasteiger partial charge < -0.3 is 9.47 Å². The first-order valence-electron chi connectivity index (χ1n) is 6.22. The lowest BCUT2D eigenvalue weighted by Crippen LogP contribution is -2.14. The Morgan fingerprint density at radius 2 is 2.16 bits per heavy atom. The maximum absolute atomic E-state index is 5.54. The third-order valence-corrected chi connectivity index (χ3v) is 4.21. The zero-order chi connectivity index (χ0) is 13.2. The van der Waals surface area contributed by atoms with E-state index in [9.17, 15) is 0 Å². The van der Waals surface area contributed by atoms with Gasteiger partial charge in [0.1, 0.15) is 9.45 Å². The SMILES string of the molecule is COc1ccc(Cn2nc(I)c3c2COCC3)cc1. The zero-order valence-corrected chi connectivity index (χ0v) is 12.9. The summed E-state index contributed by atoms with van der Waals surface area (Å²) in [4.78, 5) is 0. The van der Waals surface area contributed by atoms with Crippen LogP contribution in [0.25, 0.3) is 0 Å². The molecule has 1 aliphatic rings. The normalized spacial score (nSPS) is 14.2. The third kappa shape index (κ3) is 2.62. The first-order chi connectivity index (χ1) is 9.28. The van der Waals surface area contributed by atoms with Crippen molar-refractivity contribution in [1.82, 2.24) is 9.78 Å². The lowest BCUT2D eigenvalue weighted by molar-refractivity contribution is 0.105. The number of aromatic nitrogens is 2. The van der Waals surface area contributed by atoms with Crippen LogP contribution in [0.15, 0.2) is 24.3 Å². The van der Waals surface area contributed by atoms with Gasteiger partial charge in [-0.15, -0.1) is 0 Å². The molecule has 0 unspecified atom stereocenters. The van der Waals surface area contributed by atoms with Gasteiger partial charge in [-0.1, -0.05) is 12.1 Å². The highest BCUT2D eigenvalue weighted by molar-refractivity contribution is 14.1. The summed E-state index contributed by atoms with van der Waals surface area (Å²) in [7, 11) is 1.68. The number of benzene rings is 1. The summed E-state index contributed by atoms with van der Waals surface area (Å²) in [6.45, 7) is 2.25. The number of methoxy groups -OCH3 is 1. The molecule has 4 nitrogen and oxygen atoms in total. The van der Waals surface area contributed by atoms with E-state index in [1.807, 2.05) is 12.1 Å². The van der Waals surface area contributed by atoms with E-state index >= 15 is 0 Å². The van der Waals surface area contributed by atoms with Gasteiger partial charge in [-0.2, -0.15) is 5.10 Å². The molecule has 100 valence electrons. The quantitative estimate of drug-likeness (QED) is 0.780. The van der Waals surface area contributed by atoms with Crippen molar-refractivity contribution in [3.8, 4) is 5.75 Å². The van der Waals surface area contributed by atoms with Crippen LogP contribution in [-0.2, 0) is 24.3 Å². The maximum atomic E-state index is 5.54. The molecule has 5 heteroatoms. The number of fused-ring (bicyclic) bond motifs is 1. The lowest BCUT2D eigenvalue weighted by atomic mass is 10.1. The molecular weight excluding hydrogens is 355 g/mol. The van der Waals surface area contributed by atoms with Crippen LogP contribution in [0.4, 0.5) is 0 Å². The van der Waals surface area contributed by atoms with Gasteiger partial charge in [0.15, 0.2) is 0 Å². The second-order valence-corrected chi connectivity index (χ2v) is 5.55. The highest BCUT2D eigenvalue weighted by Gasteiger charge is 2.19. The van der Waals surface area contributed by atoms with Gasteiger partial charge in [0.05, 0.1) is 32.6 Å². The number of nitrogens with zero attached hydrogens (tertiary/aromatic N) is 2. The van der Waals surface area contributed by atoms with Gasteiger partial charge in [0.2, 0.25) is 0 Å². The molecule has 0 saturated carbocycles. The predicted molar refractivity (Wildman–Crippen MR) is 80.4 cm³/mol. The van der Waals surface area contributed by atoms with Crippen molar-refractivity contribution < 1.29 is 9.47 Å². The van der Waals surface area contributed by atoms with Crippen molar-refractivity contribution in [1.29, 1.82) is 0 Å². The van der Waals surface area contributed by atoms with E-state index in [4.69, 9.17) is 9.47 Å². The van der Waals surface area contributed by atoms with Crippen LogP contribution in [0.2, 0.25) is 0 Å². The summed E-state index contributed by atoms with van der Waals surface area (Å²) < 4.78 is 13.9. The second-order valence-electron chi connectivity index (χ2n) is 4.52. The fraction of sp³-hybridized carbons (Fsp3) is 0.357. The Labute approximate surface area is 125 Å². The summed E-state index contributed by atoms with van der Waals surface area (Å²) in [5.41, 5.74) is 3.78. The fourth-order valence-electron chi connectivity index (χ4n) is 2.29. The minimum absolute atomic E-state index is 0.668. The molecular formula is C14H15IN2O2. The summed E-state index contributed by atoms with van der Waals surface area (Å²) in [5, 5.41) is 4.62. The molecule has 0 spiro atoms. The van der Waals surface area contributed by atoms with Crippen LogP contribution >= 0.6 is 22.6 Å². The molecule has 1 aromatic carbocycles. The van der Waals surface area contributed by atoms with Crippen molar-refractivity contribution in [2.75, 3.05) is 13.7 Å². The molecule has 2 heterocycles. The van der Waals surface area contributed by atoms with Crippen LogP contribution in [-0.4, -0.2) is 23.5 Å². The van der Waals surface area contributed by atoms with Gasteiger partial charge in [-0.05, 0) is 40.3 Å². The standard InChI is InChI=1S/C14H15IN2O2/c1-18-11-4-2-10(3-5-11)8-17-13-9-19-7-6-12(13)14(15)16-17/h2-5H,6-9H2,1H3. The van der Waals surface area contributed by atoms with Crippen LogP contribution < -0.4 is 4.74 Å². The molecule has 0 aliphatic carbocycles. The largest absolute Gasteiger partial charge is 0.497 e. The molecule has 1 aliphatic heterocycles. The number of hydrogen-bond acceptors (Lipinski definition) is 3. The van der Waals surface area contributed by atoms with Crippen LogP contribution in [0, 0.1) is 3.70 Å². The minimum Gasteiger partial charge on any atom is -0.497 e. The Morgan fingerprint density at radius 1 is 1.37 bits per heavy atom. The molecule has 0 fully saturated rings. The Bertz CT molecular complexity index is 578. The molecule has 2 aromatic rings. The molecule has 0 bridgehead atoms. The zero-order valence-electron chi connectivity index (χ0n) is 10.7. The smallest absolute Gasteiger partial charge is 0.127 e. The van der Waals surface area contributed by atoms with Gasteiger partial charge in [-0.25, -0.2) is 0 Å². The highest BCUT2D eigenvalue weighted by atomic mass is 127. The van der Waals surface area contributed by atoms with E-state index < -0.39 is 0 Å². The van der Waals surface area contributed by atoms with E-state index in [0.29, 0.717) is 6.61 Å². The Kier molecular flexibility index (Phi) is 3.74.